The second kappa shape index (κ2) is 4.80. The molecule has 1 aromatic heterocycles. The van der Waals surface area contributed by atoms with Crippen LogP contribution < -0.4 is 10.2 Å². The van der Waals surface area contributed by atoms with Crippen LogP contribution in [0.1, 0.15) is 12.6 Å². The number of nitrogens with zero attached hydrogens (tertiary/aromatic N) is 4. The lowest BCUT2D eigenvalue weighted by atomic mass is 10.4. The number of hydrogen-bond donors (Lipinski definition) is 0. The van der Waals surface area contributed by atoms with Crippen molar-refractivity contribution < 1.29 is 15.0 Å². The Bertz CT molecular complexity index is 413. The second-order valence-electron chi connectivity index (χ2n) is 2.47. The Morgan fingerprint density at radius 1 is 1.33 bits per heavy atom. The smallest absolute Gasteiger partial charge is 0.0939 e. The van der Waals surface area contributed by atoms with Crippen LogP contribution in [0.25, 0.3) is 0 Å². The van der Waals surface area contributed by atoms with Crippen molar-refractivity contribution in [3.63, 3.8) is 0 Å². The van der Waals surface area contributed by atoms with Crippen LogP contribution in [0.15, 0.2) is 28.8 Å². The molecule has 0 bridgehead atoms. The first-order chi connectivity index (χ1) is 7.11. The van der Waals surface area contributed by atoms with Crippen molar-refractivity contribution in [1.29, 1.82) is 0 Å². The molecule has 0 aromatic carbocycles. The van der Waals surface area contributed by atoms with E-state index in [4.69, 9.17) is 0 Å². The summed E-state index contributed by atoms with van der Waals surface area (Å²) in [6, 6.07) is 0. The molecular formula is C8H6N4O3-2. The number of carbonyl (C=O) groups excluding carboxylic acids is 1. The van der Waals surface area contributed by atoms with Gasteiger partial charge in [0.05, 0.1) is 23.6 Å². The first kappa shape index (κ1) is 10.8. The van der Waals surface area contributed by atoms with Crippen LogP contribution in [-0.2, 0) is 4.79 Å². The fourth-order valence-corrected chi connectivity index (χ4v) is 0.622. The van der Waals surface area contributed by atoms with Crippen molar-refractivity contribution in [3.05, 3.63) is 24.3 Å². The zero-order valence-electron chi connectivity index (χ0n) is 7.75. The number of aliphatic carboxylic acids is 1. The molecule has 0 saturated heterocycles. The molecule has 78 valence electrons. The minimum atomic E-state index is -1.48. The number of carboxylic acids is 1. The van der Waals surface area contributed by atoms with E-state index in [0.717, 1.165) is 0 Å². The summed E-state index contributed by atoms with van der Waals surface area (Å²) in [6.07, 6.45) is 3.92. The topological polar surface area (TPSA) is 114 Å². The standard InChI is InChI=1S/C8H8N4O3/c1-5(8(14)15)11-12-7(13)6-4-9-2-3-10-6/h2-4H,1H3,(H,12,13)(H,14,15)/p-2/b11-5-. The lowest BCUT2D eigenvalue weighted by molar-refractivity contribution is -0.294. The van der Waals surface area contributed by atoms with E-state index in [9.17, 15) is 15.0 Å². The van der Waals surface area contributed by atoms with E-state index in [1.54, 1.807) is 0 Å². The van der Waals surface area contributed by atoms with Crippen molar-refractivity contribution in [2.24, 2.45) is 10.2 Å². The lowest BCUT2D eigenvalue weighted by Crippen LogP contribution is -2.29. The zero-order chi connectivity index (χ0) is 11.3. The van der Waals surface area contributed by atoms with Gasteiger partial charge in [0.15, 0.2) is 0 Å². The average molecular weight is 206 g/mol. The molecule has 0 aliphatic rings. The third-order valence-electron chi connectivity index (χ3n) is 1.37. The average Bonchev–Trinajstić information content (AvgIpc) is 2.26. The molecule has 0 fully saturated rings. The molecule has 0 saturated carbocycles. The van der Waals surface area contributed by atoms with Gasteiger partial charge in [0.2, 0.25) is 0 Å². The summed E-state index contributed by atoms with van der Waals surface area (Å²) in [6.45, 7) is 1.17. The minimum absolute atomic E-state index is 0.00704. The van der Waals surface area contributed by atoms with E-state index < -0.39 is 11.9 Å². The summed E-state index contributed by atoms with van der Waals surface area (Å²) in [4.78, 5) is 17.5. The van der Waals surface area contributed by atoms with Gasteiger partial charge in [-0.05, 0) is 6.92 Å². The molecule has 0 N–H and O–H groups in total. The SMILES string of the molecule is C/C(=N/N=C([O-])c1cnccn1)C(=O)[O-]. The highest BCUT2D eigenvalue weighted by atomic mass is 16.4. The Balaban J connectivity index is 2.86. The molecule has 7 nitrogen and oxygen atoms in total. The molecule has 0 amide bonds. The van der Waals surface area contributed by atoms with Gasteiger partial charge >= 0.3 is 0 Å². The van der Waals surface area contributed by atoms with Crippen molar-refractivity contribution in [3.8, 4) is 0 Å². The van der Waals surface area contributed by atoms with Crippen molar-refractivity contribution >= 4 is 17.6 Å². The van der Waals surface area contributed by atoms with Gasteiger partial charge in [-0.2, -0.15) is 10.2 Å². The van der Waals surface area contributed by atoms with E-state index in [2.05, 4.69) is 20.2 Å². The molecule has 0 unspecified atom stereocenters. The van der Waals surface area contributed by atoms with Gasteiger partial charge in [-0.25, -0.2) is 0 Å². The Hall–Kier alpha value is -2.31. The van der Waals surface area contributed by atoms with E-state index in [-0.39, 0.29) is 11.4 Å². The Labute approximate surface area is 84.8 Å². The maximum atomic E-state index is 11.2. The van der Waals surface area contributed by atoms with Crippen LogP contribution in [0, 0.1) is 0 Å². The Kier molecular flexibility index (Phi) is 3.44. The van der Waals surface area contributed by atoms with Gasteiger partial charge in [-0.15, -0.1) is 0 Å². The molecule has 0 radical (unpaired) electrons. The Morgan fingerprint density at radius 2 is 2.07 bits per heavy atom. The summed E-state index contributed by atoms with van der Waals surface area (Å²) in [5.74, 6) is -2.24. The van der Waals surface area contributed by atoms with E-state index in [1.807, 2.05) is 0 Å². The summed E-state index contributed by atoms with van der Waals surface area (Å²) >= 11 is 0. The summed E-state index contributed by atoms with van der Waals surface area (Å²) in [7, 11) is 0. The number of carbonyl (C=O) groups is 1. The van der Waals surface area contributed by atoms with Crippen LogP contribution in [-0.4, -0.2) is 27.5 Å². The molecule has 0 spiro atoms. The number of aromatic nitrogens is 2. The molecule has 1 rings (SSSR count). The fraction of sp³-hybridized carbons (Fsp3) is 0.125. The maximum Gasteiger partial charge on any atom is 0.0939 e. The van der Waals surface area contributed by atoms with Gasteiger partial charge in [-0.1, -0.05) is 0 Å². The molecule has 1 heterocycles. The molecule has 0 aliphatic heterocycles. The molecule has 1 aromatic rings. The second-order valence-corrected chi connectivity index (χ2v) is 2.47. The van der Waals surface area contributed by atoms with Crippen LogP contribution in [0.5, 0.6) is 0 Å². The van der Waals surface area contributed by atoms with Gasteiger partial charge in [-0.3, -0.25) is 9.97 Å². The first-order valence-corrected chi connectivity index (χ1v) is 3.88. The first-order valence-electron chi connectivity index (χ1n) is 3.88. The zero-order valence-corrected chi connectivity index (χ0v) is 7.75. The number of rotatable bonds is 3. The third kappa shape index (κ3) is 3.14. The van der Waals surface area contributed by atoms with Crippen LogP contribution in [0.4, 0.5) is 0 Å². The van der Waals surface area contributed by atoms with Crippen molar-refractivity contribution in [1.82, 2.24) is 9.97 Å². The molecule has 0 atom stereocenters. The van der Waals surface area contributed by atoms with Crippen molar-refractivity contribution in [2.45, 2.75) is 6.92 Å². The molecule has 7 heteroatoms. The monoisotopic (exact) mass is 206 g/mol. The van der Waals surface area contributed by atoms with E-state index in [0.29, 0.717) is 0 Å². The third-order valence-corrected chi connectivity index (χ3v) is 1.37. The fourth-order valence-electron chi connectivity index (χ4n) is 0.622. The lowest BCUT2D eigenvalue weighted by Gasteiger charge is -2.06. The Morgan fingerprint density at radius 3 is 2.60 bits per heavy atom. The highest BCUT2D eigenvalue weighted by molar-refractivity contribution is 6.33. The van der Waals surface area contributed by atoms with Crippen LogP contribution in [0.3, 0.4) is 0 Å². The van der Waals surface area contributed by atoms with Crippen LogP contribution in [0.2, 0.25) is 0 Å². The van der Waals surface area contributed by atoms with Gasteiger partial charge in [0.1, 0.15) is 0 Å². The predicted octanol–water partition coefficient (Wildman–Crippen LogP) is -2.29. The van der Waals surface area contributed by atoms with Gasteiger partial charge in [0, 0.05) is 18.3 Å². The van der Waals surface area contributed by atoms with Gasteiger partial charge in [0.25, 0.3) is 0 Å². The minimum Gasteiger partial charge on any atom is -0.856 e. The highest BCUT2D eigenvalue weighted by Gasteiger charge is 1.92. The van der Waals surface area contributed by atoms with Crippen LogP contribution >= 0.6 is 0 Å². The normalized spacial score (nSPS) is 12.6. The van der Waals surface area contributed by atoms with Crippen molar-refractivity contribution in [2.75, 3.05) is 0 Å². The predicted molar refractivity (Wildman–Crippen MR) is 46.7 cm³/mol. The summed E-state index contributed by atoms with van der Waals surface area (Å²) in [5.41, 5.74) is -0.389. The largest absolute Gasteiger partial charge is 0.856 e. The maximum absolute atomic E-state index is 11.2. The van der Waals surface area contributed by atoms with Gasteiger partial charge < -0.3 is 15.0 Å². The number of carboxylic acid groups (broad SMARTS) is 1. The molecule has 0 aliphatic carbocycles. The number of hydrogen-bond acceptors (Lipinski definition) is 7. The van der Waals surface area contributed by atoms with E-state index in [1.165, 1.54) is 25.5 Å². The molecule has 15 heavy (non-hydrogen) atoms. The summed E-state index contributed by atoms with van der Waals surface area (Å²) in [5, 5.41) is 27.7. The highest BCUT2D eigenvalue weighted by Crippen LogP contribution is 1.90. The summed E-state index contributed by atoms with van der Waals surface area (Å²) < 4.78 is 0. The van der Waals surface area contributed by atoms with E-state index >= 15 is 0 Å². The quantitative estimate of drug-likeness (QED) is 0.313. The molecular weight excluding hydrogens is 200 g/mol.